The number of rotatable bonds is 5. The predicted octanol–water partition coefficient (Wildman–Crippen LogP) is 2.97. The van der Waals surface area contributed by atoms with Crippen molar-refractivity contribution in [2.24, 2.45) is 5.92 Å². The number of hydrogen-bond donors (Lipinski definition) is 0. The highest BCUT2D eigenvalue weighted by molar-refractivity contribution is 5.80. The molecular weight excluding hydrogens is 362 g/mol. The van der Waals surface area contributed by atoms with Crippen molar-refractivity contribution in [2.45, 2.75) is 45.1 Å². The maximum Gasteiger partial charge on any atom is 0.225 e. The molecule has 3 fully saturated rings. The first kappa shape index (κ1) is 18.9. The van der Waals surface area contributed by atoms with Crippen molar-refractivity contribution >= 4 is 22.8 Å². The molecule has 2 saturated heterocycles. The number of carbonyl (C=O) groups is 1. The summed E-state index contributed by atoms with van der Waals surface area (Å²) in [6.45, 7) is 8.00. The largest absolute Gasteiger partial charge is 0.353 e. The molecule has 6 heteroatoms. The molecule has 0 N–H and O–H groups in total. The summed E-state index contributed by atoms with van der Waals surface area (Å²) >= 11 is 0. The van der Waals surface area contributed by atoms with E-state index in [1.165, 1.54) is 44.2 Å². The van der Waals surface area contributed by atoms with Gasteiger partial charge in [0.15, 0.2) is 0 Å². The summed E-state index contributed by atoms with van der Waals surface area (Å²) in [6, 6.07) is 6.51. The second-order valence-corrected chi connectivity index (χ2v) is 8.93. The van der Waals surface area contributed by atoms with E-state index >= 15 is 0 Å². The Kier molecular flexibility index (Phi) is 5.44. The van der Waals surface area contributed by atoms with Crippen molar-refractivity contribution in [2.75, 3.05) is 50.7 Å². The lowest BCUT2D eigenvalue weighted by molar-refractivity contribution is -0.135. The van der Waals surface area contributed by atoms with E-state index in [2.05, 4.69) is 43.7 Å². The van der Waals surface area contributed by atoms with Crippen LogP contribution in [0.25, 0.3) is 11.0 Å². The summed E-state index contributed by atoms with van der Waals surface area (Å²) in [5.74, 6) is 1.72. The molecule has 0 atom stereocenters. The maximum absolute atomic E-state index is 12.7. The molecule has 4 heterocycles. The van der Waals surface area contributed by atoms with E-state index in [1.54, 1.807) is 0 Å². The van der Waals surface area contributed by atoms with Crippen molar-refractivity contribution in [3.8, 4) is 0 Å². The Balaban J connectivity index is 1.23. The van der Waals surface area contributed by atoms with Crippen LogP contribution in [0.4, 0.5) is 5.82 Å². The fourth-order valence-electron chi connectivity index (χ4n) is 5.25. The van der Waals surface area contributed by atoms with Crippen molar-refractivity contribution in [3.05, 3.63) is 24.4 Å². The first-order valence-corrected chi connectivity index (χ1v) is 11.5. The van der Waals surface area contributed by atoms with Crippen LogP contribution < -0.4 is 4.90 Å². The molecule has 2 aliphatic heterocycles. The van der Waals surface area contributed by atoms with Crippen LogP contribution in [0, 0.1) is 5.92 Å². The highest BCUT2D eigenvalue weighted by Crippen LogP contribution is 2.27. The van der Waals surface area contributed by atoms with E-state index < -0.39 is 0 Å². The van der Waals surface area contributed by atoms with Gasteiger partial charge in [-0.25, -0.2) is 4.98 Å². The average Bonchev–Trinajstić information content (AvgIpc) is 3.53. The van der Waals surface area contributed by atoms with Crippen LogP contribution in [0.15, 0.2) is 24.4 Å². The van der Waals surface area contributed by atoms with Crippen LogP contribution in [0.3, 0.4) is 0 Å². The lowest BCUT2D eigenvalue weighted by Crippen LogP contribution is -2.50. The second-order valence-electron chi connectivity index (χ2n) is 8.93. The minimum Gasteiger partial charge on any atom is -0.353 e. The third kappa shape index (κ3) is 4.00. The second kappa shape index (κ2) is 8.34. The van der Waals surface area contributed by atoms with Crippen molar-refractivity contribution in [3.63, 3.8) is 0 Å². The predicted molar refractivity (Wildman–Crippen MR) is 116 cm³/mol. The van der Waals surface area contributed by atoms with Gasteiger partial charge >= 0.3 is 0 Å². The highest BCUT2D eigenvalue weighted by Gasteiger charge is 2.29. The van der Waals surface area contributed by atoms with Gasteiger partial charge in [0.2, 0.25) is 5.91 Å². The van der Waals surface area contributed by atoms with Gasteiger partial charge in [-0.05, 0) is 57.0 Å². The van der Waals surface area contributed by atoms with E-state index in [4.69, 9.17) is 4.98 Å². The van der Waals surface area contributed by atoms with Gasteiger partial charge in [0, 0.05) is 56.8 Å². The molecule has 29 heavy (non-hydrogen) atoms. The smallest absolute Gasteiger partial charge is 0.225 e. The number of carbonyl (C=O) groups excluding carboxylic acids is 1. The molecule has 2 aromatic rings. The SMILES string of the molecule is O=C(C1CCCC1)N1CCN(c2ccc3ccn(CCN4CCCC4)c3n2)CC1. The first-order valence-electron chi connectivity index (χ1n) is 11.5. The lowest BCUT2D eigenvalue weighted by Gasteiger charge is -2.36. The monoisotopic (exact) mass is 395 g/mol. The number of hydrogen-bond acceptors (Lipinski definition) is 4. The maximum atomic E-state index is 12.7. The number of piperazine rings is 1. The Hall–Kier alpha value is -2.08. The Labute approximate surface area is 173 Å². The number of nitrogens with zero attached hydrogens (tertiary/aromatic N) is 5. The van der Waals surface area contributed by atoms with E-state index in [0.29, 0.717) is 5.91 Å². The average molecular weight is 396 g/mol. The van der Waals surface area contributed by atoms with Crippen molar-refractivity contribution in [1.29, 1.82) is 0 Å². The Morgan fingerprint density at radius 1 is 0.897 bits per heavy atom. The summed E-state index contributed by atoms with van der Waals surface area (Å²) in [6.07, 6.45) is 9.47. The topological polar surface area (TPSA) is 44.6 Å². The normalized spacial score (nSPS) is 21.5. The molecule has 5 rings (SSSR count). The van der Waals surface area contributed by atoms with Crippen LogP contribution in [-0.4, -0.2) is 71.1 Å². The Morgan fingerprint density at radius 3 is 2.41 bits per heavy atom. The van der Waals surface area contributed by atoms with Crippen LogP contribution >= 0.6 is 0 Å². The zero-order valence-corrected chi connectivity index (χ0v) is 17.4. The third-order valence-electron chi connectivity index (χ3n) is 7.07. The van der Waals surface area contributed by atoms with Gasteiger partial charge in [-0.1, -0.05) is 12.8 Å². The molecular formula is C23H33N5O. The Morgan fingerprint density at radius 2 is 1.66 bits per heavy atom. The van der Waals surface area contributed by atoms with Crippen LogP contribution in [0.1, 0.15) is 38.5 Å². The highest BCUT2D eigenvalue weighted by atomic mass is 16.2. The molecule has 0 unspecified atom stereocenters. The number of pyridine rings is 1. The van der Waals surface area contributed by atoms with E-state index in [9.17, 15) is 4.79 Å². The van der Waals surface area contributed by atoms with E-state index in [-0.39, 0.29) is 5.92 Å². The molecule has 1 amide bonds. The fourth-order valence-corrected chi connectivity index (χ4v) is 5.25. The minimum atomic E-state index is 0.287. The zero-order chi connectivity index (χ0) is 19.6. The Bertz CT molecular complexity index is 842. The van der Waals surface area contributed by atoms with E-state index in [1.807, 2.05) is 0 Å². The van der Waals surface area contributed by atoms with Crippen LogP contribution in [0.2, 0.25) is 0 Å². The lowest BCUT2D eigenvalue weighted by atomic mass is 10.1. The van der Waals surface area contributed by atoms with Crippen LogP contribution in [0.5, 0.6) is 0 Å². The first-order chi connectivity index (χ1) is 14.3. The molecule has 156 valence electrons. The number of amides is 1. The summed E-state index contributed by atoms with van der Waals surface area (Å²) in [4.78, 5) is 24.7. The summed E-state index contributed by atoms with van der Waals surface area (Å²) in [5, 5.41) is 1.21. The number of likely N-dealkylation sites (tertiary alicyclic amines) is 1. The summed E-state index contributed by atoms with van der Waals surface area (Å²) < 4.78 is 2.30. The quantitative estimate of drug-likeness (QED) is 0.781. The van der Waals surface area contributed by atoms with Gasteiger partial charge in [-0.2, -0.15) is 0 Å². The van der Waals surface area contributed by atoms with Crippen LogP contribution in [-0.2, 0) is 11.3 Å². The molecule has 2 aromatic heterocycles. The van der Waals surface area contributed by atoms with Gasteiger partial charge in [0.05, 0.1) is 0 Å². The van der Waals surface area contributed by atoms with E-state index in [0.717, 1.165) is 63.6 Å². The number of fused-ring (bicyclic) bond motifs is 1. The third-order valence-corrected chi connectivity index (χ3v) is 7.07. The molecule has 3 aliphatic rings. The van der Waals surface area contributed by atoms with Gasteiger partial charge in [0.1, 0.15) is 11.5 Å². The van der Waals surface area contributed by atoms with Gasteiger partial charge in [-0.15, -0.1) is 0 Å². The van der Waals surface area contributed by atoms with Gasteiger partial charge in [-0.3, -0.25) is 4.79 Å². The molecule has 0 aromatic carbocycles. The van der Waals surface area contributed by atoms with Gasteiger partial charge in [0.25, 0.3) is 0 Å². The number of anilines is 1. The number of aromatic nitrogens is 2. The summed E-state index contributed by atoms with van der Waals surface area (Å²) in [5.41, 5.74) is 1.09. The van der Waals surface area contributed by atoms with Crippen molar-refractivity contribution in [1.82, 2.24) is 19.4 Å². The zero-order valence-electron chi connectivity index (χ0n) is 17.4. The standard InChI is InChI=1S/C23H33N5O/c29-23(20-5-1-2-6-20)28-17-15-26(16-18-28)21-8-7-19-9-12-27(22(19)24-21)14-13-25-10-3-4-11-25/h7-9,12,20H,1-6,10-11,13-18H2. The molecule has 0 radical (unpaired) electrons. The molecule has 1 saturated carbocycles. The fraction of sp³-hybridized carbons (Fsp3) is 0.652. The molecule has 0 bridgehead atoms. The summed E-state index contributed by atoms with van der Waals surface area (Å²) in [7, 11) is 0. The van der Waals surface area contributed by atoms with Crippen molar-refractivity contribution < 1.29 is 4.79 Å². The molecule has 6 nitrogen and oxygen atoms in total. The molecule has 0 spiro atoms. The molecule has 1 aliphatic carbocycles. The minimum absolute atomic E-state index is 0.287. The van der Waals surface area contributed by atoms with Gasteiger partial charge < -0.3 is 19.3 Å².